The molecule has 8 rings (SSSR count). The van der Waals surface area contributed by atoms with Crippen LogP contribution in [0.3, 0.4) is 0 Å². The number of aryl methyl sites for hydroxylation is 1. The van der Waals surface area contributed by atoms with Crippen LogP contribution in [-0.2, 0) is 9.59 Å². The summed E-state index contributed by atoms with van der Waals surface area (Å²) < 4.78 is 8.92. The average Bonchev–Trinajstić information content (AvgIpc) is 3.63. The van der Waals surface area contributed by atoms with E-state index in [1.165, 1.54) is 38.3 Å². The second-order valence-electron chi connectivity index (χ2n) is 15.3. The Morgan fingerprint density at radius 1 is 1.03 bits per heavy atom. The fourth-order valence-corrected chi connectivity index (χ4v) is 8.32. The molecule has 3 amide bonds. The van der Waals surface area contributed by atoms with Gasteiger partial charge in [0, 0.05) is 42.4 Å². The maximum absolute atomic E-state index is 13.1. The summed E-state index contributed by atoms with van der Waals surface area (Å²) in [6.07, 6.45) is 12.0. The molecule has 2 atom stereocenters. The van der Waals surface area contributed by atoms with Crippen LogP contribution in [0.1, 0.15) is 111 Å². The number of hydrogen-bond donors (Lipinski definition) is 3. The van der Waals surface area contributed by atoms with Gasteiger partial charge in [0.1, 0.15) is 23.3 Å². The summed E-state index contributed by atoms with van der Waals surface area (Å²) in [6, 6.07) is 9.65. The first-order valence-corrected chi connectivity index (χ1v) is 20.4. The monoisotopic (exact) mass is 797 g/mol. The van der Waals surface area contributed by atoms with Gasteiger partial charge in [-0.1, -0.05) is 38.0 Å². The molecule has 304 valence electrons. The number of anilines is 3. The number of amides is 3. The van der Waals surface area contributed by atoms with Gasteiger partial charge in [0.25, 0.3) is 17.4 Å². The number of fused-ring (bicyclic) bond motifs is 4. The molecule has 2 fully saturated rings. The zero-order valence-electron chi connectivity index (χ0n) is 33.5. The number of aromatic nitrogens is 7. The summed E-state index contributed by atoms with van der Waals surface area (Å²) in [5.41, 5.74) is 2.26. The Kier molecular flexibility index (Phi) is 11.3. The van der Waals surface area contributed by atoms with Gasteiger partial charge in [-0.2, -0.15) is 10.1 Å². The minimum Gasteiger partial charge on any atom is -0.495 e. The Morgan fingerprint density at radius 3 is 2.68 bits per heavy atom. The zero-order valence-corrected chi connectivity index (χ0v) is 33.5. The van der Waals surface area contributed by atoms with Crippen molar-refractivity contribution in [2.45, 2.75) is 90.1 Å². The third kappa shape index (κ3) is 8.09. The van der Waals surface area contributed by atoms with Gasteiger partial charge >= 0.3 is 0 Å². The van der Waals surface area contributed by atoms with Gasteiger partial charge < -0.3 is 20.3 Å². The van der Waals surface area contributed by atoms with Crippen LogP contribution in [0.2, 0.25) is 0 Å². The van der Waals surface area contributed by atoms with Gasteiger partial charge in [-0.15, -0.1) is 10.2 Å². The van der Waals surface area contributed by atoms with Crippen molar-refractivity contribution in [3.8, 4) is 23.3 Å². The molecule has 5 heterocycles. The largest absolute Gasteiger partial charge is 0.495 e. The Labute approximate surface area is 341 Å². The van der Waals surface area contributed by atoms with E-state index in [1.54, 1.807) is 43.5 Å². The normalized spacial score (nSPS) is 17.7. The van der Waals surface area contributed by atoms with Crippen molar-refractivity contribution >= 4 is 45.9 Å². The van der Waals surface area contributed by atoms with E-state index in [2.05, 4.69) is 64.5 Å². The number of ether oxygens (including phenoxy) is 1. The second-order valence-corrected chi connectivity index (χ2v) is 15.3. The van der Waals surface area contributed by atoms with Gasteiger partial charge in [-0.25, -0.2) is 9.67 Å². The topological polar surface area (TPSA) is 191 Å². The quantitative estimate of drug-likeness (QED) is 0.0899. The Balaban J connectivity index is 0.887. The van der Waals surface area contributed by atoms with E-state index in [-0.39, 0.29) is 30.7 Å². The minimum atomic E-state index is -0.823. The number of methoxy groups -OCH3 is 1. The van der Waals surface area contributed by atoms with Crippen LogP contribution >= 0.6 is 0 Å². The highest BCUT2D eigenvalue weighted by Gasteiger charge is 2.36. The molecule has 59 heavy (non-hydrogen) atoms. The lowest BCUT2D eigenvalue weighted by atomic mass is 9.88. The van der Waals surface area contributed by atoms with Gasteiger partial charge in [-0.3, -0.25) is 29.1 Å². The molecule has 1 unspecified atom stereocenters. The summed E-state index contributed by atoms with van der Waals surface area (Å²) in [5.74, 6) is 9.19. The van der Waals surface area contributed by atoms with Crippen molar-refractivity contribution in [3.05, 3.63) is 81.9 Å². The Bertz CT molecular complexity index is 2550. The fourth-order valence-electron chi connectivity index (χ4n) is 8.32. The van der Waals surface area contributed by atoms with Crippen LogP contribution < -0.4 is 31.1 Å². The minimum absolute atomic E-state index is 0.0500. The van der Waals surface area contributed by atoms with E-state index in [0.29, 0.717) is 64.6 Å². The van der Waals surface area contributed by atoms with E-state index >= 15 is 0 Å². The van der Waals surface area contributed by atoms with Crippen LogP contribution in [0.4, 0.5) is 17.5 Å². The smallest absolute Gasteiger partial charge is 0.275 e. The first-order valence-electron chi connectivity index (χ1n) is 20.4. The van der Waals surface area contributed by atoms with Crippen molar-refractivity contribution < 1.29 is 19.1 Å². The lowest BCUT2D eigenvalue weighted by Crippen LogP contribution is -2.45. The van der Waals surface area contributed by atoms with Gasteiger partial charge in [0.2, 0.25) is 11.9 Å². The molecule has 2 aromatic carbocycles. The van der Waals surface area contributed by atoms with Crippen LogP contribution in [0.25, 0.3) is 16.5 Å². The second kappa shape index (κ2) is 17.1. The summed E-state index contributed by atoms with van der Waals surface area (Å²) >= 11 is 0. The highest BCUT2D eigenvalue weighted by molar-refractivity contribution is 5.99. The number of carbonyl (C=O) groups is 3. The highest BCUT2D eigenvalue weighted by atomic mass is 16.5. The van der Waals surface area contributed by atoms with Crippen molar-refractivity contribution in [2.24, 2.45) is 5.92 Å². The molecular formula is C43H47N11O5. The summed E-state index contributed by atoms with van der Waals surface area (Å²) in [6.45, 7) is 5.45. The lowest BCUT2D eigenvalue weighted by Gasteiger charge is -2.39. The molecule has 16 nitrogen and oxygen atoms in total. The molecule has 5 aromatic rings. The molecule has 1 aliphatic carbocycles. The zero-order chi connectivity index (χ0) is 41.0. The van der Waals surface area contributed by atoms with E-state index in [0.717, 1.165) is 40.8 Å². The summed E-state index contributed by atoms with van der Waals surface area (Å²) in [4.78, 5) is 62.2. The molecule has 16 heteroatoms. The van der Waals surface area contributed by atoms with Crippen LogP contribution in [0.5, 0.6) is 5.75 Å². The Morgan fingerprint density at radius 2 is 1.88 bits per heavy atom. The predicted octanol–water partition coefficient (Wildman–Crippen LogP) is 5.22. The molecule has 0 bridgehead atoms. The molecule has 1 saturated carbocycles. The third-order valence-electron chi connectivity index (χ3n) is 11.4. The number of hydrogen-bond acceptors (Lipinski definition) is 12. The van der Waals surface area contributed by atoms with Crippen LogP contribution in [0, 0.1) is 24.7 Å². The average molecular weight is 798 g/mol. The number of imide groups is 1. The van der Waals surface area contributed by atoms with E-state index < -0.39 is 17.5 Å². The number of piperidine rings is 1. The van der Waals surface area contributed by atoms with Crippen molar-refractivity contribution in [3.63, 3.8) is 0 Å². The number of rotatable bonds is 11. The first kappa shape index (κ1) is 39.2. The van der Waals surface area contributed by atoms with Gasteiger partial charge in [0.05, 0.1) is 36.6 Å². The van der Waals surface area contributed by atoms with Gasteiger partial charge in [0.15, 0.2) is 11.6 Å². The first-order chi connectivity index (χ1) is 28.7. The lowest BCUT2D eigenvalue weighted by molar-refractivity contribution is -0.136. The summed E-state index contributed by atoms with van der Waals surface area (Å²) in [7, 11) is 1.56. The SMILES string of the molecule is CC[C@@H]1c2nnc(C)n2-c2cnc(Nc3ccc(C(=O)NCCCC#Cc4ccc5c(=O)n(C6CCC(=O)NC6=O)ncc5c4)cc3OC)nc2N1CC1CCCCC1. The van der Waals surface area contributed by atoms with Crippen molar-refractivity contribution in [2.75, 3.05) is 30.4 Å². The summed E-state index contributed by atoms with van der Waals surface area (Å²) in [5, 5.41) is 22.8. The number of benzene rings is 2. The molecule has 3 aliphatic rings. The van der Waals surface area contributed by atoms with E-state index in [1.807, 2.05) is 13.1 Å². The predicted molar refractivity (Wildman–Crippen MR) is 221 cm³/mol. The van der Waals surface area contributed by atoms with E-state index in [9.17, 15) is 19.2 Å². The Hall–Kier alpha value is -6.63. The van der Waals surface area contributed by atoms with Crippen LogP contribution in [0.15, 0.2) is 53.6 Å². The molecule has 1 saturated heterocycles. The van der Waals surface area contributed by atoms with Crippen LogP contribution in [-0.4, -0.2) is 72.4 Å². The molecule has 3 N–H and O–H groups in total. The van der Waals surface area contributed by atoms with Crippen molar-refractivity contribution in [1.29, 1.82) is 0 Å². The standard InChI is InChI=1S/C43H47N11O5/c1-4-33-39-51-50-26(2)53(39)35-24-45-43(49-38(35)52(33)25-28-12-7-5-8-13-28)47-32-17-15-29(22-36(32)59-3)40(56)44-20-10-6-9-11-27-14-16-31-30(21-27)23-46-54(42(31)58)34-18-19-37(55)48-41(34)57/h14-17,21-24,28,33-34H,4-8,10,12-13,18-20,25H2,1-3H3,(H,44,56)(H,45,47,49)(H,48,55,57)/t33-,34?/m1/s1. The maximum atomic E-state index is 13.1. The maximum Gasteiger partial charge on any atom is 0.275 e. The van der Waals surface area contributed by atoms with Crippen molar-refractivity contribution in [1.82, 2.24) is 45.1 Å². The molecule has 0 spiro atoms. The van der Waals surface area contributed by atoms with E-state index in [4.69, 9.17) is 9.72 Å². The molecule has 0 radical (unpaired) electrons. The number of carbonyl (C=O) groups excluding carboxylic acids is 3. The molecule has 3 aromatic heterocycles. The number of nitrogens with one attached hydrogen (secondary N) is 3. The number of unbranched alkanes of at least 4 members (excludes halogenated alkanes) is 1. The number of nitrogens with zero attached hydrogens (tertiary/aromatic N) is 8. The fraction of sp³-hybridized carbons (Fsp3) is 0.419. The third-order valence-corrected chi connectivity index (χ3v) is 11.4. The molecule has 2 aliphatic heterocycles. The van der Waals surface area contributed by atoms with Gasteiger partial charge in [-0.05, 0) is 81.3 Å². The molecular weight excluding hydrogens is 751 g/mol. The highest BCUT2D eigenvalue weighted by Crippen LogP contribution is 2.41.